The molecule has 0 spiro atoms. The number of rotatable bonds is 9. The van der Waals surface area contributed by atoms with Crippen molar-refractivity contribution in [2.75, 3.05) is 17.7 Å². The number of aryl methyl sites for hydroxylation is 1. The summed E-state index contributed by atoms with van der Waals surface area (Å²) in [6.07, 6.45) is 1.53. The molecule has 0 atom stereocenters. The van der Waals surface area contributed by atoms with Crippen LogP contribution in [-0.4, -0.2) is 39.0 Å². The van der Waals surface area contributed by atoms with E-state index in [0.717, 1.165) is 11.4 Å². The molecule has 1 aromatic carbocycles. The van der Waals surface area contributed by atoms with Crippen molar-refractivity contribution in [1.82, 2.24) is 14.8 Å². The summed E-state index contributed by atoms with van der Waals surface area (Å²) >= 11 is 2.54. The van der Waals surface area contributed by atoms with Crippen molar-refractivity contribution in [2.24, 2.45) is 0 Å². The maximum atomic E-state index is 12.7. The van der Waals surface area contributed by atoms with Gasteiger partial charge in [0.1, 0.15) is 22.1 Å². The van der Waals surface area contributed by atoms with E-state index in [0.29, 0.717) is 33.6 Å². The number of hydrogen-bond donors (Lipinski definition) is 1. The second-order valence-corrected chi connectivity index (χ2v) is 8.81. The lowest BCUT2D eigenvalue weighted by molar-refractivity contribution is -0.113. The maximum Gasteiger partial charge on any atom is 0.341 e. The monoisotopic (exact) mass is 482 g/mol. The van der Waals surface area contributed by atoms with E-state index in [9.17, 15) is 9.59 Å². The third-order valence-corrected chi connectivity index (χ3v) is 6.59. The van der Waals surface area contributed by atoms with E-state index < -0.39 is 5.97 Å². The Balaban J connectivity index is 1.47. The SMILES string of the molecule is CCOC(=O)c1c(-c2ccco2)csc1NC(=O)CSc1nnc(C)n1Cc1ccccc1. The van der Waals surface area contributed by atoms with E-state index in [1.807, 2.05) is 41.8 Å². The number of amides is 1. The minimum Gasteiger partial charge on any atom is -0.464 e. The number of esters is 1. The molecule has 0 aliphatic heterocycles. The molecule has 10 heteroatoms. The molecule has 3 heterocycles. The Hall–Kier alpha value is -3.37. The number of carbonyl (C=O) groups excluding carboxylic acids is 2. The molecule has 1 N–H and O–H groups in total. The summed E-state index contributed by atoms with van der Waals surface area (Å²) < 4.78 is 12.6. The van der Waals surface area contributed by atoms with E-state index >= 15 is 0 Å². The van der Waals surface area contributed by atoms with Crippen LogP contribution in [0.3, 0.4) is 0 Å². The lowest BCUT2D eigenvalue weighted by atomic mass is 10.1. The summed E-state index contributed by atoms with van der Waals surface area (Å²) in [4.78, 5) is 25.3. The van der Waals surface area contributed by atoms with Crippen molar-refractivity contribution in [3.63, 3.8) is 0 Å². The highest BCUT2D eigenvalue weighted by atomic mass is 32.2. The Bertz CT molecular complexity index is 1230. The third kappa shape index (κ3) is 5.35. The van der Waals surface area contributed by atoms with Gasteiger partial charge in [0.2, 0.25) is 5.91 Å². The zero-order valence-electron chi connectivity index (χ0n) is 18.1. The van der Waals surface area contributed by atoms with Crippen molar-refractivity contribution < 1.29 is 18.7 Å². The van der Waals surface area contributed by atoms with Crippen LogP contribution in [0.5, 0.6) is 0 Å². The number of nitrogens with one attached hydrogen (secondary N) is 1. The van der Waals surface area contributed by atoms with Gasteiger partial charge < -0.3 is 19.0 Å². The first kappa shape index (κ1) is 22.8. The normalized spacial score (nSPS) is 10.8. The first-order valence-corrected chi connectivity index (χ1v) is 12.1. The molecular formula is C23H22N4O4S2. The van der Waals surface area contributed by atoms with Gasteiger partial charge in [-0.3, -0.25) is 4.79 Å². The zero-order chi connectivity index (χ0) is 23.2. The summed E-state index contributed by atoms with van der Waals surface area (Å²) in [5.41, 5.74) is 2.00. The number of anilines is 1. The molecule has 0 aliphatic carbocycles. The number of furan rings is 1. The lowest BCUT2D eigenvalue weighted by Crippen LogP contribution is -2.17. The van der Waals surface area contributed by atoms with E-state index in [1.165, 1.54) is 29.4 Å². The minimum absolute atomic E-state index is 0.114. The second-order valence-electron chi connectivity index (χ2n) is 6.99. The first-order chi connectivity index (χ1) is 16.1. The predicted molar refractivity (Wildman–Crippen MR) is 128 cm³/mol. The molecular weight excluding hydrogens is 460 g/mol. The zero-order valence-corrected chi connectivity index (χ0v) is 19.7. The highest BCUT2D eigenvalue weighted by Crippen LogP contribution is 2.36. The number of thiophene rings is 1. The summed E-state index contributed by atoms with van der Waals surface area (Å²) in [7, 11) is 0. The minimum atomic E-state index is -0.508. The van der Waals surface area contributed by atoms with Gasteiger partial charge in [0.15, 0.2) is 5.16 Å². The number of nitrogens with zero attached hydrogens (tertiary/aromatic N) is 3. The summed E-state index contributed by atoms with van der Waals surface area (Å²) in [5.74, 6) is 0.654. The number of aromatic nitrogens is 3. The fraction of sp³-hybridized carbons (Fsp3) is 0.217. The smallest absolute Gasteiger partial charge is 0.341 e. The molecule has 4 rings (SSSR count). The first-order valence-electron chi connectivity index (χ1n) is 10.3. The van der Waals surface area contributed by atoms with Crippen LogP contribution in [-0.2, 0) is 16.1 Å². The lowest BCUT2D eigenvalue weighted by Gasteiger charge is -2.09. The quantitative estimate of drug-likeness (QED) is 0.268. The van der Waals surface area contributed by atoms with E-state index in [-0.39, 0.29) is 18.3 Å². The number of carbonyl (C=O) groups is 2. The van der Waals surface area contributed by atoms with E-state index in [2.05, 4.69) is 15.5 Å². The summed E-state index contributed by atoms with van der Waals surface area (Å²) in [6, 6.07) is 13.5. The molecule has 0 saturated carbocycles. The molecule has 8 nitrogen and oxygen atoms in total. The molecule has 0 radical (unpaired) electrons. The van der Waals surface area contributed by atoms with Crippen LogP contribution in [0.15, 0.2) is 63.7 Å². The third-order valence-electron chi connectivity index (χ3n) is 4.73. The van der Waals surface area contributed by atoms with Crippen molar-refractivity contribution >= 4 is 40.0 Å². The van der Waals surface area contributed by atoms with Gasteiger partial charge in [-0.15, -0.1) is 21.5 Å². The standard InChI is InChI=1S/C23H22N4O4S2/c1-3-30-22(29)20-17(18-10-7-11-31-18)13-32-21(20)24-19(28)14-33-23-26-25-15(2)27(23)12-16-8-5-4-6-9-16/h4-11,13H,3,12,14H2,1-2H3,(H,24,28). The van der Waals surface area contributed by atoms with Gasteiger partial charge in [0, 0.05) is 10.9 Å². The Labute approximate surface area is 199 Å². The van der Waals surface area contributed by atoms with Crippen molar-refractivity contribution in [3.8, 4) is 11.3 Å². The Morgan fingerprint density at radius 2 is 2.00 bits per heavy atom. The van der Waals surface area contributed by atoms with Gasteiger partial charge in [-0.05, 0) is 31.5 Å². The van der Waals surface area contributed by atoms with E-state index in [4.69, 9.17) is 9.15 Å². The van der Waals surface area contributed by atoms with Crippen LogP contribution in [0.25, 0.3) is 11.3 Å². The molecule has 0 aliphatic rings. The number of thioether (sulfide) groups is 1. The molecule has 0 bridgehead atoms. The number of hydrogen-bond acceptors (Lipinski definition) is 8. The second kappa shape index (κ2) is 10.5. The topological polar surface area (TPSA) is 99.2 Å². The molecule has 0 fully saturated rings. The fourth-order valence-electron chi connectivity index (χ4n) is 3.18. The van der Waals surface area contributed by atoms with Crippen molar-refractivity contribution in [2.45, 2.75) is 25.5 Å². The van der Waals surface area contributed by atoms with Crippen LogP contribution in [0.1, 0.15) is 28.7 Å². The van der Waals surface area contributed by atoms with Crippen molar-refractivity contribution in [1.29, 1.82) is 0 Å². The van der Waals surface area contributed by atoms with Crippen LogP contribution < -0.4 is 5.32 Å². The van der Waals surface area contributed by atoms with Crippen LogP contribution in [0.4, 0.5) is 5.00 Å². The van der Waals surface area contributed by atoms with Gasteiger partial charge in [-0.2, -0.15) is 0 Å². The van der Waals surface area contributed by atoms with Crippen LogP contribution >= 0.6 is 23.1 Å². The van der Waals surface area contributed by atoms with Gasteiger partial charge in [0.05, 0.1) is 25.2 Å². The number of ether oxygens (including phenoxy) is 1. The Kier molecular flexibility index (Phi) is 7.26. The molecule has 0 unspecified atom stereocenters. The van der Waals surface area contributed by atoms with Gasteiger partial charge in [-0.25, -0.2) is 4.79 Å². The molecule has 0 saturated heterocycles. The largest absolute Gasteiger partial charge is 0.464 e. The van der Waals surface area contributed by atoms with Crippen LogP contribution in [0, 0.1) is 6.92 Å². The highest BCUT2D eigenvalue weighted by Gasteiger charge is 2.24. The molecule has 33 heavy (non-hydrogen) atoms. The average molecular weight is 483 g/mol. The van der Waals surface area contributed by atoms with Gasteiger partial charge >= 0.3 is 5.97 Å². The molecule has 170 valence electrons. The molecule has 3 aromatic heterocycles. The fourth-order valence-corrected chi connectivity index (χ4v) is 4.92. The van der Waals surface area contributed by atoms with Gasteiger partial charge in [0.25, 0.3) is 0 Å². The number of benzene rings is 1. The predicted octanol–water partition coefficient (Wildman–Crippen LogP) is 4.86. The van der Waals surface area contributed by atoms with Crippen molar-refractivity contribution in [3.05, 3.63) is 71.1 Å². The average Bonchev–Trinajstić information content (AvgIpc) is 3.55. The molecule has 4 aromatic rings. The highest BCUT2D eigenvalue weighted by molar-refractivity contribution is 7.99. The maximum absolute atomic E-state index is 12.7. The van der Waals surface area contributed by atoms with Gasteiger partial charge in [-0.1, -0.05) is 42.1 Å². The summed E-state index contributed by atoms with van der Waals surface area (Å²) in [6.45, 7) is 4.47. The Morgan fingerprint density at radius 1 is 1.18 bits per heavy atom. The summed E-state index contributed by atoms with van der Waals surface area (Å²) in [5, 5.41) is 14.1. The van der Waals surface area contributed by atoms with Crippen LogP contribution in [0.2, 0.25) is 0 Å². The van der Waals surface area contributed by atoms with E-state index in [1.54, 1.807) is 24.4 Å². The molecule has 1 amide bonds. The Morgan fingerprint density at radius 3 is 2.73 bits per heavy atom.